The number of carboxylic acid groups (broad SMARTS) is 1. The lowest BCUT2D eigenvalue weighted by Crippen LogP contribution is -2.04. The molecule has 2 nitrogen and oxygen atoms in total. The first-order valence-electron chi connectivity index (χ1n) is 11.0. The van der Waals surface area contributed by atoms with E-state index in [9.17, 15) is 9.18 Å². The van der Waals surface area contributed by atoms with Crippen molar-refractivity contribution < 1.29 is 14.3 Å². The molecule has 0 bridgehead atoms. The predicted octanol–water partition coefficient (Wildman–Crippen LogP) is 7.07. The lowest BCUT2D eigenvalue weighted by molar-refractivity contribution is -0.136. The van der Waals surface area contributed by atoms with Gasteiger partial charge < -0.3 is 5.11 Å². The summed E-state index contributed by atoms with van der Waals surface area (Å²) in [5.41, 5.74) is 3.71. The molecule has 1 aliphatic rings. The van der Waals surface area contributed by atoms with Gasteiger partial charge in [0.05, 0.1) is 0 Å². The standard InChI is InChI=1S/C27H29FO2/c1-18(23-13-14-26(28)25-5-3-2-4-24(23)25)16-20-8-12-22(17-20)21-10-6-19(7-11-21)9-15-27(29)30/h2-7,10-11,13-14,18,20,22H,8-9,12,15-17H2,1H3,(H,29,30)/t18-,20+,22+/m0/s1. The number of rotatable bonds is 7. The Balaban J connectivity index is 1.39. The van der Waals surface area contributed by atoms with E-state index >= 15 is 0 Å². The van der Waals surface area contributed by atoms with Crippen LogP contribution in [-0.2, 0) is 11.2 Å². The third kappa shape index (κ3) is 4.56. The van der Waals surface area contributed by atoms with Crippen LogP contribution >= 0.6 is 0 Å². The Morgan fingerprint density at radius 3 is 2.50 bits per heavy atom. The van der Waals surface area contributed by atoms with Crippen LogP contribution < -0.4 is 0 Å². The molecule has 3 heteroatoms. The second-order valence-corrected chi connectivity index (χ2v) is 8.83. The summed E-state index contributed by atoms with van der Waals surface area (Å²) < 4.78 is 14.2. The van der Waals surface area contributed by atoms with Crippen LogP contribution in [-0.4, -0.2) is 11.1 Å². The van der Waals surface area contributed by atoms with E-state index < -0.39 is 5.97 Å². The molecule has 0 aromatic heterocycles. The van der Waals surface area contributed by atoms with E-state index in [1.807, 2.05) is 30.3 Å². The highest BCUT2D eigenvalue weighted by molar-refractivity contribution is 5.86. The van der Waals surface area contributed by atoms with E-state index in [-0.39, 0.29) is 12.2 Å². The zero-order valence-electron chi connectivity index (χ0n) is 17.5. The van der Waals surface area contributed by atoms with Gasteiger partial charge in [-0.3, -0.25) is 4.79 Å². The normalized spacial score (nSPS) is 19.8. The van der Waals surface area contributed by atoms with E-state index in [4.69, 9.17) is 5.11 Å². The topological polar surface area (TPSA) is 37.3 Å². The molecule has 4 rings (SSSR count). The van der Waals surface area contributed by atoms with Gasteiger partial charge >= 0.3 is 5.97 Å². The molecule has 1 saturated carbocycles. The summed E-state index contributed by atoms with van der Waals surface area (Å²) in [6, 6.07) is 19.9. The van der Waals surface area contributed by atoms with Crippen LogP contribution in [0.1, 0.15) is 67.6 Å². The highest BCUT2D eigenvalue weighted by atomic mass is 19.1. The van der Waals surface area contributed by atoms with E-state index in [0.717, 1.165) is 17.4 Å². The highest BCUT2D eigenvalue weighted by Crippen LogP contribution is 2.43. The van der Waals surface area contributed by atoms with Gasteiger partial charge in [0.1, 0.15) is 5.82 Å². The zero-order chi connectivity index (χ0) is 21.1. The van der Waals surface area contributed by atoms with Gasteiger partial charge in [-0.25, -0.2) is 4.39 Å². The van der Waals surface area contributed by atoms with Gasteiger partial charge in [0.2, 0.25) is 0 Å². The predicted molar refractivity (Wildman–Crippen MR) is 119 cm³/mol. The van der Waals surface area contributed by atoms with Crippen LogP contribution in [0, 0.1) is 11.7 Å². The molecule has 3 atom stereocenters. The molecule has 1 N–H and O–H groups in total. The maximum absolute atomic E-state index is 14.2. The minimum absolute atomic E-state index is 0.144. The summed E-state index contributed by atoms with van der Waals surface area (Å²) in [5, 5.41) is 10.6. The summed E-state index contributed by atoms with van der Waals surface area (Å²) in [6.07, 6.45) is 5.53. The number of aryl methyl sites for hydroxylation is 1. The van der Waals surface area contributed by atoms with Crippen molar-refractivity contribution in [3.63, 3.8) is 0 Å². The number of benzene rings is 3. The molecule has 0 heterocycles. The second kappa shape index (κ2) is 8.99. The van der Waals surface area contributed by atoms with Crippen LogP contribution in [0.15, 0.2) is 60.7 Å². The Bertz CT molecular complexity index is 1020. The van der Waals surface area contributed by atoms with Crippen LogP contribution in [0.25, 0.3) is 10.8 Å². The second-order valence-electron chi connectivity index (χ2n) is 8.83. The van der Waals surface area contributed by atoms with Gasteiger partial charge in [-0.05, 0) is 78.0 Å². The first kappa shape index (κ1) is 20.6. The lowest BCUT2D eigenvalue weighted by Gasteiger charge is -2.19. The number of hydrogen-bond donors (Lipinski definition) is 1. The Morgan fingerprint density at radius 2 is 1.77 bits per heavy atom. The minimum Gasteiger partial charge on any atom is -0.481 e. The van der Waals surface area contributed by atoms with E-state index in [1.165, 1.54) is 30.4 Å². The molecule has 156 valence electrons. The first-order chi connectivity index (χ1) is 14.5. The molecule has 1 fully saturated rings. The molecule has 0 radical (unpaired) electrons. The maximum atomic E-state index is 14.2. The van der Waals surface area contributed by atoms with Crippen LogP contribution in [0.5, 0.6) is 0 Å². The monoisotopic (exact) mass is 404 g/mol. The Hall–Kier alpha value is -2.68. The number of fused-ring (bicyclic) bond motifs is 1. The smallest absolute Gasteiger partial charge is 0.303 e. The van der Waals surface area contributed by atoms with E-state index in [1.54, 1.807) is 6.07 Å². The number of halogens is 1. The molecule has 0 saturated heterocycles. The van der Waals surface area contributed by atoms with Crippen molar-refractivity contribution in [1.29, 1.82) is 0 Å². The molecular formula is C27H29FO2. The fraction of sp³-hybridized carbons (Fsp3) is 0.370. The molecule has 0 amide bonds. The van der Waals surface area contributed by atoms with Crippen molar-refractivity contribution in [3.8, 4) is 0 Å². The largest absolute Gasteiger partial charge is 0.481 e. The summed E-state index contributed by atoms with van der Waals surface area (Å²) >= 11 is 0. The molecule has 3 aromatic carbocycles. The van der Waals surface area contributed by atoms with Crippen molar-refractivity contribution in [2.24, 2.45) is 5.92 Å². The summed E-state index contributed by atoms with van der Waals surface area (Å²) in [4.78, 5) is 10.7. The van der Waals surface area contributed by atoms with Crippen LogP contribution in [0.4, 0.5) is 4.39 Å². The summed E-state index contributed by atoms with van der Waals surface area (Å²) in [7, 11) is 0. The van der Waals surface area contributed by atoms with Gasteiger partial charge in [0, 0.05) is 11.8 Å². The van der Waals surface area contributed by atoms with Gasteiger partial charge in [-0.1, -0.05) is 61.5 Å². The third-order valence-corrected chi connectivity index (χ3v) is 6.74. The van der Waals surface area contributed by atoms with Crippen molar-refractivity contribution in [2.45, 2.75) is 57.3 Å². The average molecular weight is 405 g/mol. The molecule has 0 aliphatic heterocycles. The van der Waals surface area contributed by atoms with Gasteiger partial charge in [-0.2, -0.15) is 0 Å². The molecule has 0 unspecified atom stereocenters. The van der Waals surface area contributed by atoms with Gasteiger partial charge in [-0.15, -0.1) is 0 Å². The average Bonchev–Trinajstić information content (AvgIpc) is 3.21. The highest BCUT2D eigenvalue weighted by Gasteiger charge is 2.27. The van der Waals surface area contributed by atoms with Crippen molar-refractivity contribution in [3.05, 3.63) is 83.2 Å². The lowest BCUT2D eigenvalue weighted by atomic mass is 9.86. The Labute approximate surface area is 177 Å². The zero-order valence-corrected chi connectivity index (χ0v) is 17.5. The fourth-order valence-electron chi connectivity index (χ4n) is 5.14. The van der Waals surface area contributed by atoms with E-state index in [0.29, 0.717) is 29.6 Å². The number of carboxylic acids is 1. The number of aliphatic carboxylic acids is 1. The molecule has 1 aliphatic carbocycles. The van der Waals surface area contributed by atoms with Crippen LogP contribution in [0.3, 0.4) is 0 Å². The van der Waals surface area contributed by atoms with Gasteiger partial charge in [0.15, 0.2) is 0 Å². The fourth-order valence-corrected chi connectivity index (χ4v) is 5.14. The van der Waals surface area contributed by atoms with E-state index in [2.05, 4.69) is 31.2 Å². The van der Waals surface area contributed by atoms with Gasteiger partial charge in [0.25, 0.3) is 0 Å². The number of hydrogen-bond acceptors (Lipinski definition) is 1. The third-order valence-electron chi connectivity index (χ3n) is 6.74. The number of carbonyl (C=O) groups is 1. The molecule has 3 aromatic rings. The van der Waals surface area contributed by atoms with Crippen molar-refractivity contribution >= 4 is 16.7 Å². The maximum Gasteiger partial charge on any atom is 0.303 e. The van der Waals surface area contributed by atoms with Crippen LogP contribution in [0.2, 0.25) is 0 Å². The Morgan fingerprint density at radius 1 is 1.03 bits per heavy atom. The summed E-state index contributed by atoms with van der Waals surface area (Å²) in [6.45, 7) is 2.27. The molecule has 30 heavy (non-hydrogen) atoms. The van der Waals surface area contributed by atoms with Crippen molar-refractivity contribution in [2.75, 3.05) is 0 Å². The first-order valence-corrected chi connectivity index (χ1v) is 11.0. The molecular weight excluding hydrogens is 375 g/mol. The quantitative estimate of drug-likeness (QED) is 0.457. The molecule has 0 spiro atoms. The minimum atomic E-state index is -0.749. The summed E-state index contributed by atoms with van der Waals surface area (Å²) in [5.74, 6) is 0.772. The SMILES string of the molecule is C[C@@H](C[C@H]1CC[C@@H](c2ccc(CCC(=O)O)cc2)C1)c1ccc(F)c2ccccc12. The van der Waals surface area contributed by atoms with Crippen molar-refractivity contribution in [1.82, 2.24) is 0 Å². The Kier molecular flexibility index (Phi) is 6.17.